The fraction of sp³-hybridized carbons (Fsp3) is 0.333. The van der Waals surface area contributed by atoms with Gasteiger partial charge in [0.2, 0.25) is 0 Å². The van der Waals surface area contributed by atoms with E-state index in [-0.39, 0.29) is 0 Å². The molecule has 1 atom stereocenters. The van der Waals surface area contributed by atoms with Crippen molar-refractivity contribution in [1.82, 2.24) is 4.57 Å². The van der Waals surface area contributed by atoms with Crippen molar-refractivity contribution in [2.75, 3.05) is 7.11 Å². The first-order valence-electron chi connectivity index (χ1n) is 4.16. The number of halogens is 1. The molecule has 0 amide bonds. The Bertz CT molecular complexity index is 440. The van der Waals surface area contributed by atoms with E-state index >= 15 is 0 Å². The normalized spacial score (nSPS) is 12.2. The lowest BCUT2D eigenvalue weighted by molar-refractivity contribution is -0.140. The van der Waals surface area contributed by atoms with Gasteiger partial charge in [-0.05, 0) is 22.9 Å². The van der Waals surface area contributed by atoms with Crippen LogP contribution < -0.4 is 10.3 Å². The van der Waals surface area contributed by atoms with E-state index in [2.05, 4.69) is 15.9 Å². The molecule has 1 unspecified atom stereocenters. The number of rotatable bonds is 3. The summed E-state index contributed by atoms with van der Waals surface area (Å²) in [4.78, 5) is 22.2. The van der Waals surface area contributed by atoms with Crippen LogP contribution in [0.2, 0.25) is 0 Å². The molecule has 1 aromatic heterocycles. The van der Waals surface area contributed by atoms with Gasteiger partial charge in [-0.25, -0.2) is 4.79 Å². The van der Waals surface area contributed by atoms with Crippen molar-refractivity contribution in [2.45, 2.75) is 13.0 Å². The Kier molecular flexibility index (Phi) is 3.52. The number of hydrogen-bond acceptors (Lipinski definition) is 3. The molecule has 0 aliphatic heterocycles. The van der Waals surface area contributed by atoms with Crippen LogP contribution in [0.25, 0.3) is 0 Å². The van der Waals surface area contributed by atoms with Gasteiger partial charge < -0.3 is 9.84 Å². The Hall–Kier alpha value is -1.30. The van der Waals surface area contributed by atoms with Crippen LogP contribution in [0.5, 0.6) is 5.75 Å². The highest BCUT2D eigenvalue weighted by molar-refractivity contribution is 9.10. The zero-order valence-corrected chi connectivity index (χ0v) is 9.82. The maximum absolute atomic E-state index is 11.5. The van der Waals surface area contributed by atoms with Gasteiger partial charge in [0.15, 0.2) is 0 Å². The molecule has 5 nitrogen and oxygen atoms in total. The summed E-state index contributed by atoms with van der Waals surface area (Å²) in [5, 5.41) is 8.78. The number of nitrogens with zero attached hydrogens (tertiary/aromatic N) is 1. The minimum atomic E-state index is -1.07. The van der Waals surface area contributed by atoms with Gasteiger partial charge in [-0.3, -0.25) is 9.36 Å². The highest BCUT2D eigenvalue weighted by Gasteiger charge is 2.16. The molecular formula is C9H10BrNO4. The van der Waals surface area contributed by atoms with Crippen LogP contribution in [-0.2, 0) is 4.79 Å². The highest BCUT2D eigenvalue weighted by Crippen LogP contribution is 2.22. The number of carbonyl (C=O) groups is 1. The number of hydrogen-bond donors (Lipinski definition) is 1. The fourth-order valence-electron chi connectivity index (χ4n) is 1.08. The molecule has 0 aliphatic rings. The van der Waals surface area contributed by atoms with Gasteiger partial charge in [-0.2, -0.15) is 0 Å². The van der Waals surface area contributed by atoms with Gasteiger partial charge in [-0.1, -0.05) is 0 Å². The summed E-state index contributed by atoms with van der Waals surface area (Å²) in [7, 11) is 1.44. The minimum absolute atomic E-state index is 0.391. The zero-order chi connectivity index (χ0) is 11.6. The number of carboxylic acids is 1. The Morgan fingerprint density at radius 2 is 2.27 bits per heavy atom. The van der Waals surface area contributed by atoms with Crippen molar-refractivity contribution in [3.63, 3.8) is 0 Å². The number of aromatic nitrogens is 1. The highest BCUT2D eigenvalue weighted by atomic mass is 79.9. The number of aliphatic carboxylic acids is 1. The van der Waals surface area contributed by atoms with Crippen LogP contribution >= 0.6 is 15.9 Å². The molecule has 6 heteroatoms. The third-order valence-electron chi connectivity index (χ3n) is 1.99. The van der Waals surface area contributed by atoms with Crippen molar-refractivity contribution in [3.8, 4) is 5.75 Å². The topological polar surface area (TPSA) is 68.5 Å². The van der Waals surface area contributed by atoms with E-state index in [1.807, 2.05) is 0 Å². The predicted molar refractivity (Wildman–Crippen MR) is 57.3 cm³/mol. The maximum atomic E-state index is 11.5. The van der Waals surface area contributed by atoms with Crippen LogP contribution in [0, 0.1) is 0 Å². The monoisotopic (exact) mass is 275 g/mol. The number of ether oxygens (including phenoxy) is 1. The molecule has 82 valence electrons. The van der Waals surface area contributed by atoms with Crippen LogP contribution in [0.3, 0.4) is 0 Å². The lowest BCUT2D eigenvalue weighted by Gasteiger charge is -2.12. The standard InChI is InChI=1S/C9H10BrNO4/c1-5(9(13)14)11-4-7(15-2)6(10)3-8(11)12/h3-5H,1-2H3,(H,13,14). The maximum Gasteiger partial charge on any atom is 0.326 e. The molecule has 0 aromatic carbocycles. The van der Waals surface area contributed by atoms with E-state index < -0.39 is 17.6 Å². The molecule has 1 aromatic rings. The minimum Gasteiger partial charge on any atom is -0.494 e. The molecule has 0 radical (unpaired) electrons. The number of pyridine rings is 1. The second-order valence-electron chi connectivity index (χ2n) is 2.95. The quantitative estimate of drug-likeness (QED) is 0.902. The van der Waals surface area contributed by atoms with Gasteiger partial charge in [0.25, 0.3) is 5.56 Å². The zero-order valence-electron chi connectivity index (χ0n) is 8.23. The fourth-order valence-corrected chi connectivity index (χ4v) is 1.54. The molecule has 0 aliphatic carbocycles. The van der Waals surface area contributed by atoms with E-state index in [0.717, 1.165) is 4.57 Å². The second-order valence-corrected chi connectivity index (χ2v) is 3.80. The average Bonchev–Trinajstić information content (AvgIpc) is 2.17. The summed E-state index contributed by atoms with van der Waals surface area (Å²) >= 11 is 3.14. The summed E-state index contributed by atoms with van der Waals surface area (Å²) < 4.78 is 6.58. The third kappa shape index (κ3) is 2.38. The lowest BCUT2D eigenvalue weighted by Crippen LogP contribution is -2.27. The molecule has 0 saturated heterocycles. The molecule has 0 spiro atoms. The SMILES string of the molecule is COc1cn(C(C)C(=O)O)c(=O)cc1Br. The Labute approximate surface area is 94.4 Å². The Morgan fingerprint density at radius 1 is 1.67 bits per heavy atom. The molecule has 0 fully saturated rings. The molecule has 1 rings (SSSR count). The smallest absolute Gasteiger partial charge is 0.326 e. The van der Waals surface area contributed by atoms with Gasteiger partial charge in [-0.15, -0.1) is 0 Å². The van der Waals surface area contributed by atoms with Crippen molar-refractivity contribution < 1.29 is 14.6 Å². The average molecular weight is 276 g/mol. The molecule has 1 heterocycles. The number of methoxy groups -OCH3 is 1. The van der Waals surface area contributed by atoms with E-state index in [1.54, 1.807) is 0 Å². The van der Waals surface area contributed by atoms with Crippen molar-refractivity contribution in [2.24, 2.45) is 0 Å². The van der Waals surface area contributed by atoms with Crippen molar-refractivity contribution in [1.29, 1.82) is 0 Å². The van der Waals surface area contributed by atoms with Crippen LogP contribution in [0.1, 0.15) is 13.0 Å². The predicted octanol–water partition coefficient (Wildman–Crippen LogP) is 1.26. The Balaban J connectivity index is 3.30. The summed E-state index contributed by atoms with van der Waals surface area (Å²) in [6, 6.07) is 0.359. The Morgan fingerprint density at radius 3 is 2.73 bits per heavy atom. The van der Waals surface area contributed by atoms with E-state index in [9.17, 15) is 9.59 Å². The van der Waals surface area contributed by atoms with Crippen LogP contribution in [0.4, 0.5) is 0 Å². The molecule has 0 saturated carbocycles. The first-order valence-corrected chi connectivity index (χ1v) is 4.95. The van der Waals surface area contributed by atoms with Gasteiger partial charge in [0, 0.05) is 6.07 Å². The van der Waals surface area contributed by atoms with E-state index in [1.165, 1.54) is 26.3 Å². The molecule has 0 bridgehead atoms. The third-order valence-corrected chi connectivity index (χ3v) is 2.61. The van der Waals surface area contributed by atoms with Gasteiger partial charge in [0.05, 0.1) is 17.8 Å². The second kappa shape index (κ2) is 4.48. The molecular weight excluding hydrogens is 266 g/mol. The van der Waals surface area contributed by atoms with Crippen LogP contribution in [0.15, 0.2) is 21.5 Å². The van der Waals surface area contributed by atoms with Crippen LogP contribution in [-0.4, -0.2) is 22.8 Å². The first kappa shape index (κ1) is 11.8. The summed E-state index contributed by atoms with van der Waals surface area (Å²) in [6.45, 7) is 1.43. The largest absolute Gasteiger partial charge is 0.494 e. The first-order chi connectivity index (χ1) is 6.97. The summed E-state index contributed by atoms with van der Waals surface area (Å²) in [5.41, 5.74) is -0.391. The van der Waals surface area contributed by atoms with Crippen molar-refractivity contribution >= 4 is 21.9 Å². The van der Waals surface area contributed by atoms with E-state index in [0.29, 0.717) is 10.2 Å². The van der Waals surface area contributed by atoms with Crippen molar-refractivity contribution in [3.05, 3.63) is 27.1 Å². The lowest BCUT2D eigenvalue weighted by atomic mass is 10.3. The summed E-state index contributed by atoms with van der Waals surface area (Å²) in [6.07, 6.45) is 1.37. The molecule has 15 heavy (non-hydrogen) atoms. The van der Waals surface area contributed by atoms with Gasteiger partial charge in [0.1, 0.15) is 11.8 Å². The molecule has 1 N–H and O–H groups in total. The number of carboxylic acid groups (broad SMARTS) is 1. The van der Waals surface area contributed by atoms with Gasteiger partial charge >= 0.3 is 5.97 Å². The van der Waals surface area contributed by atoms with E-state index in [4.69, 9.17) is 9.84 Å². The summed E-state index contributed by atoms with van der Waals surface area (Å²) in [5.74, 6) is -0.649.